The van der Waals surface area contributed by atoms with E-state index in [1.807, 2.05) is 0 Å². The predicted molar refractivity (Wildman–Crippen MR) is 76.2 cm³/mol. The molecule has 0 heterocycles. The first-order chi connectivity index (χ1) is 9.15. The first kappa shape index (κ1) is 14.5. The Morgan fingerprint density at radius 3 is 2.95 bits per heavy atom. The molecule has 1 aliphatic carbocycles. The van der Waals surface area contributed by atoms with Gasteiger partial charge in [-0.15, -0.1) is 0 Å². The van der Waals surface area contributed by atoms with Gasteiger partial charge in [0.05, 0.1) is 0 Å². The van der Waals surface area contributed by atoms with Crippen LogP contribution in [0, 0.1) is 5.82 Å². The molecule has 104 valence electrons. The Hall–Kier alpha value is -0.940. The van der Waals surface area contributed by atoms with Crippen LogP contribution in [0.3, 0.4) is 0 Å². The van der Waals surface area contributed by atoms with Crippen molar-refractivity contribution in [3.8, 4) is 0 Å². The van der Waals surface area contributed by atoms with Crippen LogP contribution in [0.5, 0.6) is 0 Å². The highest BCUT2D eigenvalue weighted by molar-refractivity contribution is 9.10. The summed E-state index contributed by atoms with van der Waals surface area (Å²) in [6, 6.07) is 5.32. The Labute approximate surface area is 121 Å². The van der Waals surface area contributed by atoms with Crippen molar-refractivity contribution >= 4 is 21.8 Å². The minimum Gasteiger partial charge on any atom is -0.353 e. The fourth-order valence-electron chi connectivity index (χ4n) is 1.80. The Morgan fingerprint density at radius 2 is 2.21 bits per heavy atom. The topological polar surface area (TPSA) is 41.1 Å². The third-order valence-corrected chi connectivity index (χ3v) is 3.52. The van der Waals surface area contributed by atoms with E-state index >= 15 is 0 Å². The molecular formula is C14H18BrFN2O. The molecule has 0 saturated heterocycles. The summed E-state index contributed by atoms with van der Waals surface area (Å²) in [6.45, 7) is 1.19. The number of carbonyl (C=O) groups excluding carboxylic acids is 1. The van der Waals surface area contributed by atoms with Crippen molar-refractivity contribution in [2.24, 2.45) is 0 Å². The lowest BCUT2D eigenvalue weighted by atomic mass is 10.2. The number of amides is 1. The third kappa shape index (κ3) is 5.28. The largest absolute Gasteiger partial charge is 0.353 e. The van der Waals surface area contributed by atoms with Crippen molar-refractivity contribution in [1.82, 2.24) is 10.6 Å². The normalized spacial score (nSPS) is 14.4. The summed E-state index contributed by atoms with van der Waals surface area (Å²) in [6.07, 6.45) is 3.54. The Bertz CT molecular complexity index is 449. The predicted octanol–water partition coefficient (Wildman–Crippen LogP) is 2.74. The van der Waals surface area contributed by atoms with Crippen LogP contribution in [0.2, 0.25) is 0 Å². The van der Waals surface area contributed by atoms with Crippen molar-refractivity contribution in [2.75, 3.05) is 6.54 Å². The molecule has 0 aromatic heterocycles. The van der Waals surface area contributed by atoms with Gasteiger partial charge in [-0.2, -0.15) is 0 Å². The lowest BCUT2D eigenvalue weighted by Crippen LogP contribution is -2.26. The maximum absolute atomic E-state index is 13.4. The zero-order valence-corrected chi connectivity index (χ0v) is 12.3. The quantitative estimate of drug-likeness (QED) is 0.755. The monoisotopic (exact) mass is 328 g/mol. The van der Waals surface area contributed by atoms with Crippen LogP contribution in [0.25, 0.3) is 0 Å². The van der Waals surface area contributed by atoms with Gasteiger partial charge in [-0.1, -0.05) is 15.9 Å². The smallest absolute Gasteiger partial charge is 0.220 e. The summed E-state index contributed by atoms with van der Waals surface area (Å²) in [5, 5.41) is 6.10. The number of nitrogens with one attached hydrogen (secondary N) is 2. The highest BCUT2D eigenvalue weighted by atomic mass is 79.9. The van der Waals surface area contributed by atoms with E-state index in [1.165, 1.54) is 6.07 Å². The van der Waals surface area contributed by atoms with E-state index in [0.717, 1.165) is 23.7 Å². The third-order valence-electron chi connectivity index (χ3n) is 3.02. The lowest BCUT2D eigenvalue weighted by Gasteiger charge is -2.07. The first-order valence-electron chi connectivity index (χ1n) is 6.59. The number of hydrogen-bond donors (Lipinski definition) is 2. The van der Waals surface area contributed by atoms with Gasteiger partial charge < -0.3 is 10.6 Å². The highest BCUT2D eigenvalue weighted by Crippen LogP contribution is 2.18. The van der Waals surface area contributed by atoms with E-state index in [1.54, 1.807) is 12.1 Å². The molecule has 0 radical (unpaired) electrons. The van der Waals surface area contributed by atoms with E-state index in [-0.39, 0.29) is 11.7 Å². The highest BCUT2D eigenvalue weighted by Gasteiger charge is 2.22. The molecule has 0 spiro atoms. The van der Waals surface area contributed by atoms with Gasteiger partial charge in [-0.3, -0.25) is 4.79 Å². The molecule has 1 aliphatic rings. The molecule has 1 aromatic rings. The fourth-order valence-corrected chi connectivity index (χ4v) is 2.21. The van der Waals surface area contributed by atoms with Gasteiger partial charge >= 0.3 is 0 Å². The maximum Gasteiger partial charge on any atom is 0.220 e. The average Bonchev–Trinajstić information content (AvgIpc) is 3.17. The molecule has 19 heavy (non-hydrogen) atoms. The zero-order chi connectivity index (χ0) is 13.7. The van der Waals surface area contributed by atoms with Crippen LogP contribution < -0.4 is 10.6 Å². The molecule has 5 heteroatoms. The lowest BCUT2D eigenvalue weighted by molar-refractivity contribution is -0.121. The van der Waals surface area contributed by atoms with E-state index in [4.69, 9.17) is 0 Å². The second kappa shape index (κ2) is 7.01. The van der Waals surface area contributed by atoms with Gasteiger partial charge in [-0.05, 0) is 44.0 Å². The van der Waals surface area contributed by atoms with Crippen LogP contribution in [0.1, 0.15) is 31.2 Å². The van der Waals surface area contributed by atoms with E-state index in [2.05, 4.69) is 26.6 Å². The zero-order valence-electron chi connectivity index (χ0n) is 10.7. The van der Waals surface area contributed by atoms with Crippen LogP contribution in [0.15, 0.2) is 22.7 Å². The van der Waals surface area contributed by atoms with E-state index < -0.39 is 0 Å². The second-order valence-corrected chi connectivity index (χ2v) is 5.77. The molecular weight excluding hydrogens is 311 g/mol. The minimum absolute atomic E-state index is 0.123. The molecule has 3 nitrogen and oxygen atoms in total. The van der Waals surface area contributed by atoms with Crippen LogP contribution in [0.4, 0.5) is 4.39 Å². The SMILES string of the molecule is O=C(CCCNCc1cc(Br)ccc1F)NC1CC1. The number of carbonyl (C=O) groups is 1. The molecule has 0 atom stereocenters. The number of halogens is 2. The molecule has 0 bridgehead atoms. The van der Waals surface area contributed by atoms with Crippen LogP contribution in [-0.2, 0) is 11.3 Å². The Kier molecular flexibility index (Phi) is 5.34. The van der Waals surface area contributed by atoms with Gasteiger partial charge in [0, 0.05) is 29.0 Å². The fraction of sp³-hybridized carbons (Fsp3) is 0.500. The molecule has 2 rings (SSSR count). The molecule has 1 fully saturated rings. The van der Waals surface area contributed by atoms with Crippen molar-refractivity contribution in [2.45, 2.75) is 38.3 Å². The van der Waals surface area contributed by atoms with Crippen molar-refractivity contribution < 1.29 is 9.18 Å². The molecule has 1 amide bonds. The number of rotatable bonds is 7. The summed E-state index contributed by atoms with van der Waals surface area (Å²) >= 11 is 3.32. The van der Waals surface area contributed by atoms with Gasteiger partial charge in [0.1, 0.15) is 5.82 Å². The Balaban J connectivity index is 1.60. The van der Waals surface area contributed by atoms with Crippen molar-refractivity contribution in [3.63, 3.8) is 0 Å². The standard InChI is InChI=1S/C14H18BrFN2O/c15-11-3-6-13(16)10(8-11)9-17-7-1-2-14(19)18-12-4-5-12/h3,6,8,12,17H,1-2,4-5,7,9H2,(H,18,19). The van der Waals surface area contributed by atoms with Crippen molar-refractivity contribution in [1.29, 1.82) is 0 Å². The van der Waals surface area contributed by atoms with E-state index in [9.17, 15) is 9.18 Å². The number of benzene rings is 1. The summed E-state index contributed by atoms with van der Waals surface area (Å²) < 4.78 is 14.3. The van der Waals surface area contributed by atoms with Gasteiger partial charge in [0.15, 0.2) is 0 Å². The molecule has 0 aliphatic heterocycles. The molecule has 1 aromatic carbocycles. The second-order valence-electron chi connectivity index (χ2n) is 4.86. The average molecular weight is 329 g/mol. The van der Waals surface area contributed by atoms with Crippen LogP contribution in [-0.4, -0.2) is 18.5 Å². The first-order valence-corrected chi connectivity index (χ1v) is 7.38. The van der Waals surface area contributed by atoms with E-state index in [0.29, 0.717) is 31.1 Å². The summed E-state index contributed by atoms with van der Waals surface area (Å²) in [5.41, 5.74) is 0.636. The van der Waals surface area contributed by atoms with Crippen molar-refractivity contribution in [3.05, 3.63) is 34.1 Å². The maximum atomic E-state index is 13.4. The van der Waals surface area contributed by atoms with Gasteiger partial charge in [-0.25, -0.2) is 4.39 Å². The Morgan fingerprint density at radius 1 is 1.42 bits per heavy atom. The van der Waals surface area contributed by atoms with Crippen LogP contribution >= 0.6 is 15.9 Å². The summed E-state index contributed by atoms with van der Waals surface area (Å²) in [5.74, 6) is -0.0832. The van der Waals surface area contributed by atoms with Gasteiger partial charge in [0.25, 0.3) is 0 Å². The summed E-state index contributed by atoms with van der Waals surface area (Å²) in [4.78, 5) is 11.4. The molecule has 1 saturated carbocycles. The number of hydrogen-bond acceptors (Lipinski definition) is 2. The minimum atomic E-state index is -0.206. The summed E-state index contributed by atoms with van der Waals surface area (Å²) in [7, 11) is 0. The molecule has 0 unspecified atom stereocenters. The van der Waals surface area contributed by atoms with Gasteiger partial charge in [0.2, 0.25) is 5.91 Å². The molecule has 2 N–H and O–H groups in total.